The Morgan fingerprint density at radius 1 is 1.16 bits per heavy atom. The molecule has 2 fully saturated rings. The smallest absolute Gasteiger partial charge is 0.253 e. The highest BCUT2D eigenvalue weighted by molar-refractivity contribution is 6.21. The van der Waals surface area contributed by atoms with E-state index in [4.69, 9.17) is 4.74 Å². The number of imide groups is 1. The summed E-state index contributed by atoms with van der Waals surface area (Å²) in [5.41, 5.74) is 0.899. The number of anilines is 1. The molecule has 3 amide bonds. The second kappa shape index (κ2) is 8.88. The summed E-state index contributed by atoms with van der Waals surface area (Å²) < 4.78 is 18.8. The standard InChI is InChI=1S/C24H25FN2O4/c1-16-12-22(28)27(23(16)29)20-6-2-5-18(13-20)24(30)26-11-3-4-17(14-26)15-31-21-9-7-19(25)8-10-21/h2,5-10,13,16-17H,3-4,11-12,14-15H2,1H3/t16-,17+/m0/s1. The quantitative estimate of drug-likeness (QED) is 0.687. The number of rotatable bonds is 5. The van der Waals surface area contributed by atoms with Crippen LogP contribution in [-0.2, 0) is 9.59 Å². The second-order valence-corrected chi connectivity index (χ2v) is 8.25. The maximum Gasteiger partial charge on any atom is 0.253 e. The van der Waals surface area contributed by atoms with Crippen molar-refractivity contribution >= 4 is 23.4 Å². The molecule has 31 heavy (non-hydrogen) atoms. The molecule has 2 aliphatic heterocycles. The summed E-state index contributed by atoms with van der Waals surface area (Å²) in [7, 11) is 0. The number of ether oxygens (including phenoxy) is 1. The molecule has 2 heterocycles. The van der Waals surface area contributed by atoms with Crippen LogP contribution in [0.4, 0.5) is 10.1 Å². The van der Waals surface area contributed by atoms with Crippen molar-refractivity contribution in [2.24, 2.45) is 11.8 Å². The van der Waals surface area contributed by atoms with Gasteiger partial charge in [-0.3, -0.25) is 19.3 Å². The summed E-state index contributed by atoms with van der Waals surface area (Å²) in [4.78, 5) is 40.6. The van der Waals surface area contributed by atoms with Crippen LogP contribution >= 0.6 is 0 Å². The number of benzene rings is 2. The minimum Gasteiger partial charge on any atom is -0.493 e. The molecule has 2 aromatic carbocycles. The Balaban J connectivity index is 1.41. The lowest BCUT2D eigenvalue weighted by Gasteiger charge is -2.33. The molecule has 0 saturated carbocycles. The van der Waals surface area contributed by atoms with Gasteiger partial charge in [0.1, 0.15) is 11.6 Å². The molecule has 2 saturated heterocycles. The van der Waals surface area contributed by atoms with Gasteiger partial charge in [0.05, 0.1) is 12.3 Å². The van der Waals surface area contributed by atoms with Crippen molar-refractivity contribution in [2.75, 3.05) is 24.6 Å². The van der Waals surface area contributed by atoms with Crippen LogP contribution in [0.3, 0.4) is 0 Å². The molecular formula is C24H25FN2O4. The summed E-state index contributed by atoms with van der Waals surface area (Å²) in [5, 5.41) is 0. The van der Waals surface area contributed by atoms with Crippen LogP contribution < -0.4 is 9.64 Å². The van der Waals surface area contributed by atoms with Crippen molar-refractivity contribution < 1.29 is 23.5 Å². The lowest BCUT2D eigenvalue weighted by atomic mass is 9.98. The van der Waals surface area contributed by atoms with Crippen molar-refractivity contribution in [1.82, 2.24) is 4.90 Å². The van der Waals surface area contributed by atoms with Gasteiger partial charge in [0.15, 0.2) is 0 Å². The van der Waals surface area contributed by atoms with Gasteiger partial charge in [-0.15, -0.1) is 0 Å². The molecular weight excluding hydrogens is 399 g/mol. The van der Waals surface area contributed by atoms with Crippen LogP contribution in [0.1, 0.15) is 36.5 Å². The Hall–Kier alpha value is -3.22. The predicted octanol–water partition coefficient (Wildman–Crippen LogP) is 3.66. The number of hydrogen-bond acceptors (Lipinski definition) is 4. The van der Waals surface area contributed by atoms with Gasteiger partial charge in [-0.05, 0) is 55.3 Å². The highest BCUT2D eigenvalue weighted by atomic mass is 19.1. The first-order valence-electron chi connectivity index (χ1n) is 10.6. The topological polar surface area (TPSA) is 66.9 Å². The lowest BCUT2D eigenvalue weighted by molar-refractivity contribution is -0.122. The first-order valence-corrected chi connectivity index (χ1v) is 10.6. The van der Waals surface area contributed by atoms with Crippen molar-refractivity contribution in [2.45, 2.75) is 26.2 Å². The normalized spacial score (nSPS) is 21.5. The summed E-state index contributed by atoms with van der Waals surface area (Å²) >= 11 is 0. The molecule has 6 nitrogen and oxygen atoms in total. The molecule has 7 heteroatoms. The fourth-order valence-corrected chi connectivity index (χ4v) is 4.15. The molecule has 0 aliphatic carbocycles. The van der Waals surface area contributed by atoms with Crippen molar-refractivity contribution in [1.29, 1.82) is 0 Å². The Morgan fingerprint density at radius 3 is 2.65 bits per heavy atom. The van der Waals surface area contributed by atoms with E-state index in [-0.39, 0.29) is 41.8 Å². The second-order valence-electron chi connectivity index (χ2n) is 8.25. The molecule has 2 aliphatic rings. The number of likely N-dealkylation sites (tertiary alicyclic amines) is 1. The van der Waals surface area contributed by atoms with E-state index in [1.165, 1.54) is 17.0 Å². The molecule has 2 aromatic rings. The Bertz CT molecular complexity index is 991. The van der Waals surface area contributed by atoms with Crippen LogP contribution in [0.5, 0.6) is 5.75 Å². The SMILES string of the molecule is C[C@H]1CC(=O)N(c2cccc(C(=O)N3CCC[C@@H](COc4ccc(F)cc4)C3)c2)C1=O. The Labute approximate surface area is 180 Å². The molecule has 2 atom stereocenters. The van der Waals surface area contributed by atoms with E-state index in [1.54, 1.807) is 48.2 Å². The number of nitrogens with zero attached hydrogens (tertiary/aromatic N) is 2. The molecule has 0 N–H and O–H groups in total. The van der Waals surface area contributed by atoms with E-state index in [0.29, 0.717) is 36.7 Å². The zero-order valence-corrected chi connectivity index (χ0v) is 17.4. The average molecular weight is 424 g/mol. The third-order valence-electron chi connectivity index (χ3n) is 5.83. The summed E-state index contributed by atoms with van der Waals surface area (Å²) in [6.07, 6.45) is 2.00. The highest BCUT2D eigenvalue weighted by Gasteiger charge is 2.37. The molecule has 0 unspecified atom stereocenters. The maximum absolute atomic E-state index is 13.1. The summed E-state index contributed by atoms with van der Waals surface area (Å²) in [5.74, 6) is -0.462. The minimum absolute atomic E-state index is 0.125. The van der Waals surface area contributed by atoms with Crippen LogP contribution in [0.2, 0.25) is 0 Å². The largest absolute Gasteiger partial charge is 0.493 e. The Kier molecular flexibility index (Phi) is 6.02. The van der Waals surface area contributed by atoms with Crippen LogP contribution in [0, 0.1) is 17.7 Å². The monoisotopic (exact) mass is 424 g/mol. The third-order valence-corrected chi connectivity index (χ3v) is 5.83. The number of hydrogen-bond donors (Lipinski definition) is 0. The van der Waals surface area contributed by atoms with E-state index in [0.717, 1.165) is 12.8 Å². The average Bonchev–Trinajstić information content (AvgIpc) is 3.04. The van der Waals surface area contributed by atoms with Gasteiger partial charge in [-0.1, -0.05) is 13.0 Å². The van der Waals surface area contributed by atoms with E-state index < -0.39 is 0 Å². The van der Waals surface area contributed by atoms with E-state index in [9.17, 15) is 18.8 Å². The van der Waals surface area contributed by atoms with Gasteiger partial charge in [0.25, 0.3) is 5.91 Å². The van der Waals surface area contributed by atoms with Gasteiger partial charge in [-0.25, -0.2) is 4.39 Å². The van der Waals surface area contributed by atoms with Gasteiger partial charge in [0.2, 0.25) is 11.8 Å². The number of carbonyl (C=O) groups is 3. The minimum atomic E-state index is -0.337. The zero-order chi connectivity index (χ0) is 22.0. The van der Waals surface area contributed by atoms with Crippen molar-refractivity contribution in [3.63, 3.8) is 0 Å². The van der Waals surface area contributed by atoms with E-state index >= 15 is 0 Å². The molecule has 162 valence electrons. The van der Waals surface area contributed by atoms with Gasteiger partial charge in [0, 0.05) is 36.9 Å². The number of piperidine rings is 1. The van der Waals surface area contributed by atoms with Gasteiger partial charge >= 0.3 is 0 Å². The van der Waals surface area contributed by atoms with Crippen LogP contribution in [0.25, 0.3) is 0 Å². The van der Waals surface area contributed by atoms with Crippen LogP contribution in [-0.4, -0.2) is 42.3 Å². The fraction of sp³-hybridized carbons (Fsp3) is 0.375. The fourth-order valence-electron chi connectivity index (χ4n) is 4.15. The van der Waals surface area contributed by atoms with E-state index in [1.807, 2.05) is 0 Å². The zero-order valence-electron chi connectivity index (χ0n) is 17.4. The third kappa shape index (κ3) is 4.60. The van der Waals surface area contributed by atoms with E-state index in [2.05, 4.69) is 0 Å². The first-order chi connectivity index (χ1) is 14.9. The molecule has 0 radical (unpaired) electrons. The molecule has 0 spiro atoms. The van der Waals surface area contributed by atoms with Crippen molar-refractivity contribution in [3.8, 4) is 5.75 Å². The van der Waals surface area contributed by atoms with Crippen LogP contribution in [0.15, 0.2) is 48.5 Å². The number of amides is 3. The maximum atomic E-state index is 13.1. The highest BCUT2D eigenvalue weighted by Crippen LogP contribution is 2.28. The molecule has 0 bridgehead atoms. The Morgan fingerprint density at radius 2 is 1.94 bits per heavy atom. The number of carbonyl (C=O) groups excluding carboxylic acids is 3. The number of halogens is 1. The summed E-state index contributed by atoms with van der Waals surface area (Å²) in [6.45, 7) is 3.39. The van der Waals surface area contributed by atoms with Crippen molar-refractivity contribution in [3.05, 3.63) is 59.9 Å². The van der Waals surface area contributed by atoms with Gasteiger partial charge < -0.3 is 9.64 Å². The molecule has 4 rings (SSSR count). The summed E-state index contributed by atoms with van der Waals surface area (Å²) in [6, 6.07) is 12.6. The predicted molar refractivity (Wildman–Crippen MR) is 113 cm³/mol. The van der Waals surface area contributed by atoms with Gasteiger partial charge in [-0.2, -0.15) is 0 Å². The first kappa shape index (κ1) is 21.0. The lowest BCUT2D eigenvalue weighted by Crippen LogP contribution is -2.41. The molecule has 0 aromatic heterocycles.